The van der Waals surface area contributed by atoms with Crippen LogP contribution in [0.25, 0.3) is 5.65 Å². The number of aromatic nitrogens is 2. The highest BCUT2D eigenvalue weighted by Gasteiger charge is 2.07. The van der Waals surface area contributed by atoms with Crippen LogP contribution in [0, 0.1) is 0 Å². The minimum absolute atomic E-state index is 0.0921. The Kier molecular flexibility index (Phi) is 4.05. The zero-order valence-corrected chi connectivity index (χ0v) is 12.3. The molecular formula is C17H17N3O2. The van der Waals surface area contributed by atoms with E-state index in [0.717, 1.165) is 23.4 Å². The number of carbonyl (C=O) groups excluding carboxylic acids is 1. The molecule has 0 atom stereocenters. The van der Waals surface area contributed by atoms with Gasteiger partial charge in [-0.1, -0.05) is 18.2 Å². The molecule has 1 aromatic carbocycles. The van der Waals surface area contributed by atoms with Crippen LogP contribution in [0.3, 0.4) is 0 Å². The third-order valence-corrected chi connectivity index (χ3v) is 3.52. The van der Waals surface area contributed by atoms with Gasteiger partial charge >= 0.3 is 0 Å². The van der Waals surface area contributed by atoms with E-state index < -0.39 is 0 Å². The van der Waals surface area contributed by atoms with Crippen molar-refractivity contribution in [3.05, 3.63) is 66.1 Å². The number of carbonyl (C=O) groups is 1. The fourth-order valence-electron chi connectivity index (χ4n) is 2.38. The SMILES string of the molecule is COc1ccccc1CCNC(=O)c1ccc2nccn2c1. The number of methoxy groups -OCH3 is 1. The molecule has 2 heterocycles. The molecule has 3 aromatic rings. The number of ether oxygens (including phenoxy) is 1. The summed E-state index contributed by atoms with van der Waals surface area (Å²) in [4.78, 5) is 16.3. The molecule has 5 heteroatoms. The van der Waals surface area contributed by atoms with Crippen LogP contribution in [0.2, 0.25) is 0 Å². The number of pyridine rings is 1. The van der Waals surface area contributed by atoms with Crippen LogP contribution in [0.4, 0.5) is 0 Å². The second kappa shape index (κ2) is 6.30. The number of amides is 1. The van der Waals surface area contributed by atoms with Crippen LogP contribution in [-0.2, 0) is 6.42 Å². The molecule has 0 radical (unpaired) electrons. The molecule has 0 spiro atoms. The number of imidazole rings is 1. The van der Waals surface area contributed by atoms with Crippen LogP contribution < -0.4 is 10.1 Å². The molecule has 22 heavy (non-hydrogen) atoms. The predicted molar refractivity (Wildman–Crippen MR) is 84.2 cm³/mol. The Labute approximate surface area is 128 Å². The molecule has 0 aliphatic rings. The monoisotopic (exact) mass is 295 g/mol. The summed E-state index contributed by atoms with van der Waals surface area (Å²) < 4.78 is 7.13. The number of hydrogen-bond acceptors (Lipinski definition) is 3. The summed E-state index contributed by atoms with van der Waals surface area (Å²) in [5.74, 6) is 0.752. The third-order valence-electron chi connectivity index (χ3n) is 3.52. The lowest BCUT2D eigenvalue weighted by Gasteiger charge is -2.09. The highest BCUT2D eigenvalue weighted by atomic mass is 16.5. The van der Waals surface area contributed by atoms with Crippen LogP contribution in [0.5, 0.6) is 5.75 Å². The predicted octanol–water partition coefficient (Wildman–Crippen LogP) is 2.32. The molecule has 0 aliphatic carbocycles. The summed E-state index contributed by atoms with van der Waals surface area (Å²) in [7, 11) is 1.65. The Balaban J connectivity index is 1.62. The number of para-hydroxylation sites is 1. The van der Waals surface area contributed by atoms with E-state index >= 15 is 0 Å². The average molecular weight is 295 g/mol. The summed E-state index contributed by atoms with van der Waals surface area (Å²) in [5, 5.41) is 2.93. The van der Waals surface area contributed by atoms with Gasteiger partial charge in [0.1, 0.15) is 11.4 Å². The van der Waals surface area contributed by atoms with Crippen LogP contribution in [0.1, 0.15) is 15.9 Å². The summed E-state index contributed by atoms with van der Waals surface area (Å²) >= 11 is 0. The van der Waals surface area contributed by atoms with Crippen LogP contribution >= 0.6 is 0 Å². The van der Waals surface area contributed by atoms with E-state index in [1.807, 2.05) is 40.9 Å². The average Bonchev–Trinajstić information content (AvgIpc) is 3.02. The molecule has 5 nitrogen and oxygen atoms in total. The van der Waals surface area contributed by atoms with Gasteiger partial charge in [0.2, 0.25) is 0 Å². The maximum Gasteiger partial charge on any atom is 0.252 e. The van der Waals surface area contributed by atoms with Gasteiger partial charge in [-0.05, 0) is 30.2 Å². The summed E-state index contributed by atoms with van der Waals surface area (Å²) in [6.07, 6.45) is 6.03. The molecular weight excluding hydrogens is 278 g/mol. The molecule has 3 rings (SSSR count). The minimum Gasteiger partial charge on any atom is -0.496 e. The van der Waals surface area contributed by atoms with Crippen molar-refractivity contribution >= 4 is 11.6 Å². The first-order valence-electron chi connectivity index (χ1n) is 7.11. The first-order valence-corrected chi connectivity index (χ1v) is 7.11. The van der Waals surface area contributed by atoms with Crippen LogP contribution in [0.15, 0.2) is 55.0 Å². The van der Waals surface area contributed by atoms with Gasteiger partial charge in [0, 0.05) is 25.1 Å². The zero-order valence-electron chi connectivity index (χ0n) is 12.3. The zero-order chi connectivity index (χ0) is 15.4. The van der Waals surface area contributed by atoms with Crippen molar-refractivity contribution in [2.75, 3.05) is 13.7 Å². The lowest BCUT2D eigenvalue weighted by Crippen LogP contribution is -2.26. The highest BCUT2D eigenvalue weighted by molar-refractivity contribution is 5.94. The Hall–Kier alpha value is -2.82. The quantitative estimate of drug-likeness (QED) is 0.786. The van der Waals surface area contributed by atoms with Crippen molar-refractivity contribution in [2.45, 2.75) is 6.42 Å². The molecule has 1 amide bonds. The van der Waals surface area contributed by atoms with Gasteiger partial charge in [-0.2, -0.15) is 0 Å². The molecule has 0 bridgehead atoms. The first-order chi connectivity index (χ1) is 10.8. The fourth-order valence-corrected chi connectivity index (χ4v) is 2.38. The smallest absolute Gasteiger partial charge is 0.252 e. The molecule has 0 fully saturated rings. The minimum atomic E-state index is -0.0921. The van der Waals surface area contributed by atoms with Gasteiger partial charge in [-0.25, -0.2) is 4.98 Å². The standard InChI is InChI=1S/C17H17N3O2/c1-22-15-5-3-2-4-13(15)8-9-19-17(21)14-6-7-16-18-10-11-20(16)12-14/h2-7,10-12H,8-9H2,1H3,(H,19,21). The van der Waals surface area contributed by atoms with Crippen molar-refractivity contribution in [3.8, 4) is 5.75 Å². The van der Waals surface area contributed by atoms with Crippen molar-refractivity contribution in [2.24, 2.45) is 0 Å². The van der Waals surface area contributed by atoms with E-state index in [1.165, 1.54) is 0 Å². The van der Waals surface area contributed by atoms with Gasteiger partial charge in [0.15, 0.2) is 0 Å². The number of rotatable bonds is 5. The Morgan fingerprint density at radius 3 is 3.00 bits per heavy atom. The van der Waals surface area contributed by atoms with E-state index in [0.29, 0.717) is 12.1 Å². The summed E-state index contributed by atoms with van der Waals surface area (Å²) in [5.41, 5.74) is 2.52. The van der Waals surface area contributed by atoms with E-state index in [2.05, 4.69) is 10.3 Å². The van der Waals surface area contributed by atoms with Crippen molar-refractivity contribution < 1.29 is 9.53 Å². The second-order valence-corrected chi connectivity index (χ2v) is 4.93. The number of benzene rings is 1. The maximum absolute atomic E-state index is 12.2. The molecule has 0 unspecified atom stereocenters. The summed E-state index contributed by atoms with van der Waals surface area (Å²) in [6, 6.07) is 11.4. The Bertz CT molecular complexity index is 795. The Morgan fingerprint density at radius 1 is 1.27 bits per heavy atom. The molecule has 0 aliphatic heterocycles. The maximum atomic E-state index is 12.2. The van der Waals surface area contributed by atoms with Gasteiger partial charge in [0.25, 0.3) is 5.91 Å². The van der Waals surface area contributed by atoms with Gasteiger partial charge in [-0.3, -0.25) is 4.79 Å². The molecule has 0 saturated carbocycles. The molecule has 112 valence electrons. The number of nitrogens with zero attached hydrogens (tertiary/aromatic N) is 2. The van der Waals surface area contributed by atoms with E-state index in [9.17, 15) is 4.79 Å². The number of fused-ring (bicyclic) bond motifs is 1. The molecule has 0 saturated heterocycles. The van der Waals surface area contributed by atoms with Crippen molar-refractivity contribution in [3.63, 3.8) is 0 Å². The fraction of sp³-hybridized carbons (Fsp3) is 0.176. The van der Waals surface area contributed by atoms with Gasteiger partial charge in [0.05, 0.1) is 12.7 Å². The van der Waals surface area contributed by atoms with E-state index in [1.54, 1.807) is 25.6 Å². The first kappa shape index (κ1) is 14.1. The van der Waals surface area contributed by atoms with E-state index in [-0.39, 0.29) is 5.91 Å². The van der Waals surface area contributed by atoms with Crippen LogP contribution in [-0.4, -0.2) is 28.9 Å². The molecule has 2 aromatic heterocycles. The third kappa shape index (κ3) is 2.93. The second-order valence-electron chi connectivity index (χ2n) is 4.93. The normalized spacial score (nSPS) is 10.6. The largest absolute Gasteiger partial charge is 0.496 e. The Morgan fingerprint density at radius 2 is 2.14 bits per heavy atom. The van der Waals surface area contributed by atoms with Gasteiger partial charge in [-0.15, -0.1) is 0 Å². The van der Waals surface area contributed by atoms with Crippen molar-refractivity contribution in [1.82, 2.24) is 14.7 Å². The summed E-state index contributed by atoms with van der Waals surface area (Å²) in [6.45, 7) is 0.557. The lowest BCUT2D eigenvalue weighted by molar-refractivity contribution is 0.0953. The number of hydrogen-bond donors (Lipinski definition) is 1. The lowest BCUT2D eigenvalue weighted by atomic mass is 10.1. The molecule has 1 N–H and O–H groups in total. The highest BCUT2D eigenvalue weighted by Crippen LogP contribution is 2.17. The number of nitrogens with one attached hydrogen (secondary N) is 1. The van der Waals surface area contributed by atoms with Crippen molar-refractivity contribution in [1.29, 1.82) is 0 Å². The van der Waals surface area contributed by atoms with E-state index in [4.69, 9.17) is 4.74 Å². The topological polar surface area (TPSA) is 55.6 Å². The van der Waals surface area contributed by atoms with Gasteiger partial charge < -0.3 is 14.5 Å².